The third kappa shape index (κ3) is 3.78. The molecule has 0 atom stereocenters. The first-order valence-corrected chi connectivity index (χ1v) is 6.91. The van der Waals surface area contributed by atoms with Gasteiger partial charge in [-0.3, -0.25) is 0 Å². The van der Waals surface area contributed by atoms with E-state index >= 15 is 0 Å². The van der Waals surface area contributed by atoms with Gasteiger partial charge in [-0.1, -0.05) is 13.8 Å². The molecule has 0 fully saturated rings. The number of aromatic nitrogens is 3. The molecule has 0 saturated heterocycles. The molecule has 0 aliphatic rings. The highest BCUT2D eigenvalue weighted by Crippen LogP contribution is 2.29. The molecule has 1 aromatic carbocycles. The summed E-state index contributed by atoms with van der Waals surface area (Å²) in [6.45, 7) is 4.76. The van der Waals surface area contributed by atoms with E-state index in [4.69, 9.17) is 0 Å². The van der Waals surface area contributed by atoms with Crippen LogP contribution in [0.5, 0.6) is 0 Å². The highest BCUT2D eigenvalue weighted by atomic mass is 32.2. The van der Waals surface area contributed by atoms with Crippen LogP contribution in [0.4, 0.5) is 4.39 Å². The van der Waals surface area contributed by atoms with E-state index in [1.807, 2.05) is 11.6 Å². The largest absolute Gasteiger partial charge is 0.311 e. The Kier molecular flexibility index (Phi) is 4.55. The number of hydrogen-bond acceptors (Lipinski definition) is 4. The first-order valence-electron chi connectivity index (χ1n) is 6.10. The van der Waals surface area contributed by atoms with Crippen LogP contribution in [0.3, 0.4) is 0 Å². The molecule has 0 aliphatic heterocycles. The zero-order chi connectivity index (χ0) is 13.8. The van der Waals surface area contributed by atoms with E-state index in [1.165, 1.54) is 17.8 Å². The summed E-state index contributed by atoms with van der Waals surface area (Å²) in [5.41, 5.74) is 0.932. The van der Waals surface area contributed by atoms with Crippen LogP contribution in [0.1, 0.15) is 19.4 Å². The summed E-state index contributed by atoms with van der Waals surface area (Å²) in [5.74, 6) is -0.220. The summed E-state index contributed by atoms with van der Waals surface area (Å²) in [4.78, 5) is 0.991. The van der Waals surface area contributed by atoms with Crippen LogP contribution < -0.4 is 5.32 Å². The highest BCUT2D eigenvalue weighted by Gasteiger charge is 2.10. The van der Waals surface area contributed by atoms with Crippen molar-refractivity contribution in [1.29, 1.82) is 0 Å². The van der Waals surface area contributed by atoms with Crippen molar-refractivity contribution in [2.45, 2.75) is 36.5 Å². The van der Waals surface area contributed by atoms with Crippen LogP contribution in [0.25, 0.3) is 0 Å². The van der Waals surface area contributed by atoms with Gasteiger partial charge >= 0.3 is 0 Å². The number of hydrogen-bond donors (Lipinski definition) is 1. The van der Waals surface area contributed by atoms with Crippen LogP contribution in [0, 0.1) is 5.82 Å². The van der Waals surface area contributed by atoms with Gasteiger partial charge in [0.05, 0.1) is 0 Å². The van der Waals surface area contributed by atoms with Crippen LogP contribution >= 0.6 is 11.8 Å². The fraction of sp³-hybridized carbons (Fsp3) is 0.385. The van der Waals surface area contributed by atoms with Crippen molar-refractivity contribution in [3.8, 4) is 0 Å². The first kappa shape index (κ1) is 14.0. The molecule has 4 nitrogen and oxygen atoms in total. The Morgan fingerprint density at radius 3 is 2.84 bits per heavy atom. The monoisotopic (exact) mass is 280 g/mol. The van der Waals surface area contributed by atoms with Crippen molar-refractivity contribution in [2.75, 3.05) is 0 Å². The van der Waals surface area contributed by atoms with Gasteiger partial charge in [0.1, 0.15) is 12.1 Å². The van der Waals surface area contributed by atoms with Gasteiger partial charge in [-0.15, -0.1) is 10.2 Å². The summed E-state index contributed by atoms with van der Waals surface area (Å²) >= 11 is 1.49. The predicted octanol–water partition coefficient (Wildman–Crippen LogP) is 2.60. The molecule has 2 rings (SSSR count). The number of benzene rings is 1. The lowest BCUT2D eigenvalue weighted by molar-refractivity contribution is 0.576. The summed E-state index contributed by atoms with van der Waals surface area (Å²) in [6, 6.07) is 5.17. The molecular formula is C13H17FN4S. The van der Waals surface area contributed by atoms with Gasteiger partial charge in [0.25, 0.3) is 0 Å². The first-order chi connectivity index (χ1) is 9.06. The standard InChI is InChI=1S/C13H17FN4S/c1-9(2)15-7-10-6-11(14)4-5-12(10)19-13-17-16-8-18(13)3/h4-6,8-9,15H,7H2,1-3H3. The number of rotatable bonds is 5. The van der Waals surface area contributed by atoms with Crippen molar-refractivity contribution >= 4 is 11.8 Å². The molecule has 0 saturated carbocycles. The van der Waals surface area contributed by atoms with Crippen molar-refractivity contribution in [3.63, 3.8) is 0 Å². The Balaban J connectivity index is 2.21. The van der Waals surface area contributed by atoms with Gasteiger partial charge in [0.2, 0.25) is 0 Å². The highest BCUT2D eigenvalue weighted by molar-refractivity contribution is 7.99. The summed E-state index contributed by atoms with van der Waals surface area (Å²) in [7, 11) is 1.89. The van der Waals surface area contributed by atoms with Crippen LogP contribution in [-0.2, 0) is 13.6 Å². The van der Waals surface area contributed by atoms with E-state index < -0.39 is 0 Å². The number of nitrogens with zero attached hydrogens (tertiary/aromatic N) is 3. The topological polar surface area (TPSA) is 42.7 Å². The molecule has 0 bridgehead atoms. The van der Waals surface area contributed by atoms with Crippen molar-refractivity contribution in [3.05, 3.63) is 35.9 Å². The van der Waals surface area contributed by atoms with Gasteiger partial charge < -0.3 is 9.88 Å². The summed E-state index contributed by atoms with van der Waals surface area (Å²) in [6.07, 6.45) is 1.65. The summed E-state index contributed by atoms with van der Waals surface area (Å²) < 4.78 is 15.2. The van der Waals surface area contributed by atoms with Gasteiger partial charge in [-0.05, 0) is 35.5 Å². The fourth-order valence-corrected chi connectivity index (χ4v) is 2.44. The maximum atomic E-state index is 13.4. The van der Waals surface area contributed by atoms with Crippen molar-refractivity contribution < 1.29 is 4.39 Å². The Labute approximate surface area is 116 Å². The summed E-state index contributed by atoms with van der Waals surface area (Å²) in [5, 5.41) is 12.0. The van der Waals surface area contributed by atoms with Crippen LogP contribution in [0.2, 0.25) is 0 Å². The minimum Gasteiger partial charge on any atom is -0.311 e. The molecule has 102 valence electrons. The van der Waals surface area contributed by atoms with Gasteiger partial charge in [-0.2, -0.15) is 0 Å². The molecule has 0 amide bonds. The van der Waals surface area contributed by atoms with Crippen molar-refractivity contribution in [1.82, 2.24) is 20.1 Å². The average Bonchev–Trinajstić information content (AvgIpc) is 2.75. The molecular weight excluding hydrogens is 263 g/mol. The zero-order valence-electron chi connectivity index (χ0n) is 11.2. The maximum absolute atomic E-state index is 13.4. The third-order valence-corrected chi connectivity index (χ3v) is 3.76. The second-order valence-electron chi connectivity index (χ2n) is 4.61. The van der Waals surface area contributed by atoms with E-state index in [2.05, 4.69) is 29.4 Å². The Morgan fingerprint density at radius 1 is 1.42 bits per heavy atom. The lowest BCUT2D eigenvalue weighted by Gasteiger charge is -2.12. The van der Waals surface area contributed by atoms with E-state index in [0.717, 1.165) is 15.6 Å². The third-order valence-electron chi connectivity index (χ3n) is 2.59. The van der Waals surface area contributed by atoms with E-state index in [9.17, 15) is 4.39 Å². The molecule has 1 aromatic heterocycles. The molecule has 6 heteroatoms. The Hall–Kier alpha value is -1.40. The number of aryl methyl sites for hydroxylation is 1. The van der Waals surface area contributed by atoms with Crippen molar-refractivity contribution in [2.24, 2.45) is 7.05 Å². The molecule has 1 N–H and O–H groups in total. The smallest absolute Gasteiger partial charge is 0.195 e. The van der Waals surface area contributed by atoms with Gasteiger partial charge in [0.15, 0.2) is 5.16 Å². The number of nitrogens with one attached hydrogen (secondary N) is 1. The lowest BCUT2D eigenvalue weighted by Crippen LogP contribution is -2.22. The van der Waals surface area contributed by atoms with E-state index in [0.29, 0.717) is 12.6 Å². The lowest BCUT2D eigenvalue weighted by atomic mass is 10.2. The minimum absolute atomic E-state index is 0.220. The molecule has 0 unspecified atom stereocenters. The molecule has 19 heavy (non-hydrogen) atoms. The van der Waals surface area contributed by atoms with E-state index in [1.54, 1.807) is 18.5 Å². The minimum atomic E-state index is -0.220. The quantitative estimate of drug-likeness (QED) is 0.914. The predicted molar refractivity (Wildman–Crippen MR) is 73.5 cm³/mol. The normalized spacial score (nSPS) is 11.2. The maximum Gasteiger partial charge on any atom is 0.195 e. The fourth-order valence-electron chi connectivity index (χ4n) is 1.56. The Bertz CT molecular complexity index is 553. The molecule has 0 aliphatic carbocycles. The SMILES string of the molecule is CC(C)NCc1cc(F)ccc1Sc1nncn1C. The van der Waals surface area contributed by atoms with Crippen LogP contribution in [-0.4, -0.2) is 20.8 Å². The van der Waals surface area contributed by atoms with Crippen LogP contribution in [0.15, 0.2) is 34.6 Å². The number of halogens is 1. The molecule has 1 heterocycles. The van der Waals surface area contributed by atoms with E-state index in [-0.39, 0.29) is 5.82 Å². The molecule has 0 radical (unpaired) electrons. The molecule has 0 spiro atoms. The molecule has 2 aromatic rings. The second kappa shape index (κ2) is 6.16. The average molecular weight is 280 g/mol. The van der Waals surface area contributed by atoms with Gasteiger partial charge in [-0.25, -0.2) is 4.39 Å². The van der Waals surface area contributed by atoms with Gasteiger partial charge in [0, 0.05) is 24.5 Å². The zero-order valence-corrected chi connectivity index (χ0v) is 12.0. The Morgan fingerprint density at radius 2 is 2.21 bits per heavy atom. The second-order valence-corrected chi connectivity index (χ2v) is 5.62.